The molecule has 0 N–H and O–H groups in total. The van der Waals surface area contributed by atoms with Crippen molar-refractivity contribution in [1.82, 2.24) is 0 Å². The summed E-state index contributed by atoms with van der Waals surface area (Å²) < 4.78 is 39.0. The molecule has 2 aromatic carbocycles. The topological polar surface area (TPSA) is 65.0 Å². The highest BCUT2D eigenvalue weighted by Crippen LogP contribution is 2.28. The molecule has 6 heteroatoms. The Morgan fingerprint density at radius 3 is 2.26 bits per heavy atom. The molecule has 5 nitrogen and oxygen atoms in total. The fraction of sp³-hybridized carbons (Fsp3) is 0.235. The molecule has 0 bridgehead atoms. The molecule has 0 amide bonds. The number of benzene rings is 2. The summed E-state index contributed by atoms with van der Waals surface area (Å²) in [6, 6.07) is 13.3. The van der Waals surface area contributed by atoms with E-state index in [9.17, 15) is 8.42 Å². The first-order valence-corrected chi connectivity index (χ1v) is 8.76. The first kappa shape index (κ1) is 17.0. The van der Waals surface area contributed by atoms with Crippen LogP contribution in [0.5, 0.6) is 11.5 Å². The number of hydrogen-bond acceptors (Lipinski definition) is 4. The molecular formula is C17H19NO4S. The van der Waals surface area contributed by atoms with Crippen LogP contribution in [0.15, 0.2) is 57.8 Å². The highest BCUT2D eigenvalue weighted by atomic mass is 32.2. The van der Waals surface area contributed by atoms with E-state index in [0.717, 1.165) is 0 Å². The Kier molecular flexibility index (Phi) is 5.76. The molecule has 0 aliphatic heterocycles. The fourth-order valence-electron chi connectivity index (χ4n) is 1.93. The van der Waals surface area contributed by atoms with Crippen LogP contribution in [0.1, 0.15) is 19.4 Å². The van der Waals surface area contributed by atoms with Crippen molar-refractivity contribution in [3.63, 3.8) is 0 Å². The van der Waals surface area contributed by atoms with Crippen LogP contribution in [0.2, 0.25) is 0 Å². The Labute approximate surface area is 136 Å². The second-order valence-electron chi connectivity index (χ2n) is 4.59. The first-order chi connectivity index (χ1) is 11.1. The fourth-order valence-corrected chi connectivity index (χ4v) is 2.81. The summed E-state index contributed by atoms with van der Waals surface area (Å²) in [5, 5.41) is 0. The molecule has 23 heavy (non-hydrogen) atoms. The lowest BCUT2D eigenvalue weighted by Crippen LogP contribution is -2.00. The van der Waals surface area contributed by atoms with Gasteiger partial charge in [0.1, 0.15) is 0 Å². The minimum atomic E-state index is -3.71. The van der Waals surface area contributed by atoms with Crippen molar-refractivity contribution >= 4 is 16.2 Å². The van der Waals surface area contributed by atoms with E-state index in [1.807, 2.05) is 13.8 Å². The molecule has 0 saturated heterocycles. The molecule has 2 aromatic rings. The molecule has 0 heterocycles. The van der Waals surface area contributed by atoms with Crippen LogP contribution >= 0.6 is 0 Å². The Hall–Kier alpha value is -2.34. The zero-order chi connectivity index (χ0) is 16.7. The van der Waals surface area contributed by atoms with E-state index in [0.29, 0.717) is 30.3 Å². The molecule has 0 aliphatic rings. The van der Waals surface area contributed by atoms with Gasteiger partial charge >= 0.3 is 0 Å². The summed E-state index contributed by atoms with van der Waals surface area (Å²) >= 11 is 0. The van der Waals surface area contributed by atoms with Gasteiger partial charge in [0.2, 0.25) is 0 Å². The van der Waals surface area contributed by atoms with Gasteiger partial charge in [-0.05, 0) is 49.7 Å². The predicted octanol–water partition coefficient (Wildman–Crippen LogP) is 3.29. The Morgan fingerprint density at radius 1 is 0.957 bits per heavy atom. The Morgan fingerprint density at radius 2 is 1.61 bits per heavy atom. The summed E-state index contributed by atoms with van der Waals surface area (Å²) in [6.45, 7) is 4.77. The van der Waals surface area contributed by atoms with Gasteiger partial charge in [-0.1, -0.05) is 18.2 Å². The van der Waals surface area contributed by atoms with Crippen LogP contribution < -0.4 is 9.47 Å². The molecule has 0 aromatic heterocycles. The molecule has 0 fully saturated rings. The number of ether oxygens (including phenoxy) is 2. The van der Waals surface area contributed by atoms with Crippen LogP contribution in [0.4, 0.5) is 0 Å². The van der Waals surface area contributed by atoms with E-state index >= 15 is 0 Å². The number of hydrogen-bond donors (Lipinski definition) is 0. The predicted molar refractivity (Wildman–Crippen MR) is 90.0 cm³/mol. The maximum Gasteiger partial charge on any atom is 0.282 e. The van der Waals surface area contributed by atoms with Gasteiger partial charge in [-0.15, -0.1) is 0 Å². The van der Waals surface area contributed by atoms with E-state index in [-0.39, 0.29) is 4.90 Å². The Bertz CT molecular complexity index is 770. The van der Waals surface area contributed by atoms with Gasteiger partial charge in [0.25, 0.3) is 10.0 Å². The lowest BCUT2D eigenvalue weighted by molar-refractivity contribution is 0.288. The van der Waals surface area contributed by atoms with Crippen molar-refractivity contribution in [2.45, 2.75) is 18.7 Å². The molecule has 0 aliphatic carbocycles. The molecule has 2 rings (SSSR count). The van der Waals surface area contributed by atoms with Crippen LogP contribution in [0.3, 0.4) is 0 Å². The summed E-state index contributed by atoms with van der Waals surface area (Å²) in [4.78, 5) is 0.159. The third-order valence-corrected chi connectivity index (χ3v) is 4.20. The highest BCUT2D eigenvalue weighted by molar-refractivity contribution is 7.90. The van der Waals surface area contributed by atoms with E-state index in [1.165, 1.54) is 18.3 Å². The van der Waals surface area contributed by atoms with Crippen molar-refractivity contribution in [2.24, 2.45) is 4.40 Å². The second-order valence-corrected chi connectivity index (χ2v) is 6.23. The molecule has 0 saturated carbocycles. The number of nitrogens with zero attached hydrogens (tertiary/aromatic N) is 1. The molecule has 0 unspecified atom stereocenters. The van der Waals surface area contributed by atoms with Gasteiger partial charge in [-0.3, -0.25) is 0 Å². The van der Waals surface area contributed by atoms with E-state index in [2.05, 4.69) is 4.40 Å². The van der Waals surface area contributed by atoms with Crippen LogP contribution in [-0.2, 0) is 10.0 Å². The minimum absolute atomic E-state index is 0.159. The maximum atomic E-state index is 12.1. The van der Waals surface area contributed by atoms with Crippen LogP contribution in [0.25, 0.3) is 0 Å². The summed E-state index contributed by atoms with van der Waals surface area (Å²) in [5.41, 5.74) is 0.622. The number of rotatable bonds is 7. The van der Waals surface area contributed by atoms with Crippen molar-refractivity contribution < 1.29 is 17.9 Å². The zero-order valence-electron chi connectivity index (χ0n) is 13.1. The van der Waals surface area contributed by atoms with Crippen molar-refractivity contribution in [1.29, 1.82) is 0 Å². The normalized spacial score (nSPS) is 11.6. The van der Waals surface area contributed by atoms with Crippen LogP contribution in [-0.4, -0.2) is 27.8 Å². The Balaban J connectivity index is 2.27. The summed E-state index contributed by atoms with van der Waals surface area (Å²) in [6.07, 6.45) is 1.31. The minimum Gasteiger partial charge on any atom is -0.490 e. The molecule has 0 spiro atoms. The van der Waals surface area contributed by atoms with Gasteiger partial charge in [-0.25, -0.2) is 0 Å². The van der Waals surface area contributed by atoms with E-state index in [4.69, 9.17) is 9.47 Å². The zero-order valence-corrected chi connectivity index (χ0v) is 13.9. The largest absolute Gasteiger partial charge is 0.490 e. The average Bonchev–Trinajstić information content (AvgIpc) is 2.56. The quantitative estimate of drug-likeness (QED) is 0.729. The lowest BCUT2D eigenvalue weighted by Gasteiger charge is -2.11. The third-order valence-electron chi connectivity index (χ3n) is 2.95. The highest BCUT2D eigenvalue weighted by Gasteiger charge is 2.11. The maximum absolute atomic E-state index is 12.1. The molecule has 122 valence electrons. The molecule has 0 atom stereocenters. The van der Waals surface area contributed by atoms with Crippen molar-refractivity contribution in [3.05, 3.63) is 54.1 Å². The molecular weight excluding hydrogens is 314 g/mol. The van der Waals surface area contributed by atoms with Crippen LogP contribution in [0, 0.1) is 0 Å². The van der Waals surface area contributed by atoms with Crippen molar-refractivity contribution in [2.75, 3.05) is 13.2 Å². The third kappa shape index (κ3) is 4.56. The monoisotopic (exact) mass is 333 g/mol. The van der Waals surface area contributed by atoms with Gasteiger partial charge in [0.05, 0.1) is 18.1 Å². The van der Waals surface area contributed by atoms with E-state index in [1.54, 1.807) is 36.4 Å². The lowest BCUT2D eigenvalue weighted by atomic mass is 10.2. The average molecular weight is 333 g/mol. The summed E-state index contributed by atoms with van der Waals surface area (Å²) in [7, 11) is -3.71. The van der Waals surface area contributed by atoms with Crippen molar-refractivity contribution in [3.8, 4) is 11.5 Å². The van der Waals surface area contributed by atoms with E-state index < -0.39 is 10.0 Å². The smallest absolute Gasteiger partial charge is 0.282 e. The number of sulfonamides is 1. The SMILES string of the molecule is CCOc1ccc(/C=N\S(=O)(=O)c2ccccc2)cc1OCC. The summed E-state index contributed by atoms with van der Waals surface area (Å²) in [5.74, 6) is 1.19. The first-order valence-electron chi connectivity index (χ1n) is 7.32. The van der Waals surface area contributed by atoms with Gasteiger partial charge in [-0.2, -0.15) is 12.8 Å². The standard InChI is InChI=1S/C17H19NO4S/c1-3-21-16-11-10-14(12-17(16)22-4-2)13-18-23(19,20)15-8-6-5-7-9-15/h5-13H,3-4H2,1-2H3/b18-13-. The van der Waals surface area contributed by atoms with Gasteiger partial charge in [0, 0.05) is 6.21 Å². The second kappa shape index (κ2) is 7.78. The van der Waals surface area contributed by atoms with Gasteiger partial charge in [0.15, 0.2) is 11.5 Å². The molecule has 0 radical (unpaired) electrons. The van der Waals surface area contributed by atoms with Gasteiger partial charge < -0.3 is 9.47 Å².